The zero-order chi connectivity index (χ0) is 8.97. The van der Waals surface area contributed by atoms with Gasteiger partial charge in [-0.3, -0.25) is 4.79 Å². The van der Waals surface area contributed by atoms with Crippen molar-refractivity contribution in [2.75, 3.05) is 0 Å². The van der Waals surface area contributed by atoms with Gasteiger partial charge in [0.2, 0.25) is 5.24 Å². The van der Waals surface area contributed by atoms with Gasteiger partial charge in [0.15, 0.2) is 0 Å². The van der Waals surface area contributed by atoms with E-state index in [1.54, 1.807) is 0 Å². The van der Waals surface area contributed by atoms with Crippen LogP contribution in [0.5, 0.6) is 0 Å². The van der Waals surface area contributed by atoms with E-state index in [-0.39, 0.29) is 5.24 Å². The number of halogens is 1. The van der Waals surface area contributed by atoms with Gasteiger partial charge in [0.25, 0.3) is 0 Å². The summed E-state index contributed by atoms with van der Waals surface area (Å²) in [6, 6.07) is 0. The summed E-state index contributed by atoms with van der Waals surface area (Å²) in [4.78, 5) is 10.6. The summed E-state index contributed by atoms with van der Waals surface area (Å²) >= 11 is 5.29. The van der Waals surface area contributed by atoms with E-state index in [0.29, 0.717) is 12.3 Å². The molecule has 0 radical (unpaired) electrons. The molecule has 66 valence electrons. The van der Waals surface area contributed by atoms with E-state index in [9.17, 15) is 4.79 Å². The summed E-state index contributed by atoms with van der Waals surface area (Å²) in [7, 11) is 0. The minimum atomic E-state index is -0.238. The van der Waals surface area contributed by atoms with Crippen molar-refractivity contribution in [3.05, 3.63) is 23.8 Å². The molecule has 0 aromatic heterocycles. The van der Waals surface area contributed by atoms with E-state index in [2.05, 4.69) is 25.2 Å². The molecule has 1 atom stereocenters. The predicted molar refractivity (Wildman–Crippen MR) is 51.1 cm³/mol. The first-order chi connectivity index (χ1) is 5.72. The van der Waals surface area contributed by atoms with E-state index in [0.717, 1.165) is 12.8 Å². The molecule has 1 aliphatic rings. The van der Waals surface area contributed by atoms with Gasteiger partial charge in [0.1, 0.15) is 0 Å². The fourth-order valence-electron chi connectivity index (χ4n) is 1.33. The Kier molecular flexibility index (Phi) is 3.54. The quantitative estimate of drug-likeness (QED) is 0.617. The SMILES string of the molecule is CCC1=CCC(CC(=O)Cl)C=C1. The van der Waals surface area contributed by atoms with Gasteiger partial charge in [0, 0.05) is 6.42 Å². The molecule has 1 nitrogen and oxygen atoms in total. The van der Waals surface area contributed by atoms with Crippen molar-refractivity contribution in [3.63, 3.8) is 0 Å². The van der Waals surface area contributed by atoms with Crippen LogP contribution in [0.1, 0.15) is 26.2 Å². The van der Waals surface area contributed by atoms with Crippen LogP contribution in [0, 0.1) is 5.92 Å². The normalized spacial score (nSPS) is 22.2. The number of carbonyl (C=O) groups excluding carboxylic acids is 1. The molecule has 1 unspecified atom stereocenters. The Morgan fingerprint density at radius 2 is 2.50 bits per heavy atom. The molecule has 0 heterocycles. The maximum absolute atomic E-state index is 10.6. The third-order valence-electron chi connectivity index (χ3n) is 2.10. The molecule has 0 fully saturated rings. The van der Waals surface area contributed by atoms with E-state index in [1.807, 2.05) is 0 Å². The lowest BCUT2D eigenvalue weighted by molar-refractivity contribution is -0.112. The molecule has 0 aromatic rings. The van der Waals surface area contributed by atoms with Crippen molar-refractivity contribution in [2.24, 2.45) is 5.92 Å². The summed E-state index contributed by atoms with van der Waals surface area (Å²) < 4.78 is 0. The molecule has 0 N–H and O–H groups in total. The summed E-state index contributed by atoms with van der Waals surface area (Å²) in [5, 5.41) is -0.238. The van der Waals surface area contributed by atoms with Gasteiger partial charge in [-0.2, -0.15) is 0 Å². The molecule has 1 aliphatic carbocycles. The predicted octanol–water partition coefficient (Wildman–Crippen LogP) is 3.05. The van der Waals surface area contributed by atoms with Crippen LogP contribution in [-0.4, -0.2) is 5.24 Å². The first-order valence-corrected chi connectivity index (χ1v) is 4.65. The monoisotopic (exact) mass is 184 g/mol. The van der Waals surface area contributed by atoms with Crippen molar-refractivity contribution < 1.29 is 4.79 Å². The molecule has 0 saturated carbocycles. The molecule has 1 rings (SSSR count). The zero-order valence-corrected chi connectivity index (χ0v) is 7.97. The minimum Gasteiger partial charge on any atom is -0.281 e. The van der Waals surface area contributed by atoms with Gasteiger partial charge in [-0.05, 0) is 30.4 Å². The van der Waals surface area contributed by atoms with Gasteiger partial charge in [0.05, 0.1) is 0 Å². The third kappa shape index (κ3) is 2.82. The number of hydrogen-bond donors (Lipinski definition) is 0. The molecule has 0 aliphatic heterocycles. The molecule has 0 spiro atoms. The first kappa shape index (κ1) is 9.53. The van der Waals surface area contributed by atoms with Crippen LogP contribution in [0.25, 0.3) is 0 Å². The molecule has 0 amide bonds. The van der Waals surface area contributed by atoms with Gasteiger partial charge in [-0.25, -0.2) is 0 Å². The highest BCUT2D eigenvalue weighted by molar-refractivity contribution is 6.63. The number of rotatable bonds is 3. The fourth-order valence-corrected chi connectivity index (χ4v) is 1.53. The average molecular weight is 185 g/mol. The molecule has 0 saturated heterocycles. The van der Waals surface area contributed by atoms with Crippen molar-refractivity contribution in [2.45, 2.75) is 26.2 Å². The highest BCUT2D eigenvalue weighted by Crippen LogP contribution is 2.21. The van der Waals surface area contributed by atoms with Crippen molar-refractivity contribution >= 4 is 16.8 Å². The van der Waals surface area contributed by atoms with E-state index in [4.69, 9.17) is 11.6 Å². The summed E-state index contributed by atoms with van der Waals surface area (Å²) in [6.07, 6.45) is 8.85. The third-order valence-corrected chi connectivity index (χ3v) is 2.25. The van der Waals surface area contributed by atoms with Crippen LogP contribution in [0.15, 0.2) is 23.8 Å². The Labute approximate surface area is 78.1 Å². The van der Waals surface area contributed by atoms with Crippen LogP contribution in [0.3, 0.4) is 0 Å². The van der Waals surface area contributed by atoms with Crippen LogP contribution < -0.4 is 0 Å². The fraction of sp³-hybridized carbons (Fsp3) is 0.500. The van der Waals surface area contributed by atoms with Crippen molar-refractivity contribution in [3.8, 4) is 0 Å². The maximum atomic E-state index is 10.6. The van der Waals surface area contributed by atoms with Crippen LogP contribution in [0.2, 0.25) is 0 Å². The second-order valence-corrected chi connectivity index (χ2v) is 3.47. The highest BCUT2D eigenvalue weighted by Gasteiger charge is 2.10. The lowest BCUT2D eigenvalue weighted by Gasteiger charge is -2.12. The topological polar surface area (TPSA) is 17.1 Å². The lowest BCUT2D eigenvalue weighted by Crippen LogP contribution is -2.03. The Morgan fingerprint density at radius 1 is 1.75 bits per heavy atom. The summed E-state index contributed by atoms with van der Waals surface area (Å²) in [6.45, 7) is 2.13. The smallest absolute Gasteiger partial charge is 0.222 e. The van der Waals surface area contributed by atoms with E-state index < -0.39 is 0 Å². The Balaban J connectivity index is 2.43. The number of allylic oxidation sites excluding steroid dienone is 4. The van der Waals surface area contributed by atoms with E-state index >= 15 is 0 Å². The average Bonchev–Trinajstić information content (AvgIpc) is 2.05. The largest absolute Gasteiger partial charge is 0.281 e. The number of hydrogen-bond acceptors (Lipinski definition) is 1. The van der Waals surface area contributed by atoms with Crippen molar-refractivity contribution in [1.82, 2.24) is 0 Å². The Hall–Kier alpha value is -0.560. The van der Waals surface area contributed by atoms with Crippen molar-refractivity contribution in [1.29, 1.82) is 0 Å². The van der Waals surface area contributed by atoms with E-state index in [1.165, 1.54) is 5.57 Å². The second kappa shape index (κ2) is 4.46. The molecule has 0 aromatic carbocycles. The Morgan fingerprint density at radius 3 is 2.92 bits per heavy atom. The Bertz CT molecular complexity index is 228. The second-order valence-electron chi connectivity index (χ2n) is 3.05. The summed E-state index contributed by atoms with van der Waals surface area (Å²) in [5.41, 5.74) is 1.35. The molecule has 0 bridgehead atoms. The van der Waals surface area contributed by atoms with Crippen LogP contribution >= 0.6 is 11.6 Å². The lowest BCUT2D eigenvalue weighted by atomic mass is 9.93. The number of carbonyl (C=O) groups is 1. The molecular formula is C10H13ClO. The van der Waals surface area contributed by atoms with Gasteiger partial charge >= 0.3 is 0 Å². The highest BCUT2D eigenvalue weighted by atomic mass is 35.5. The van der Waals surface area contributed by atoms with Gasteiger partial charge in [-0.1, -0.05) is 30.7 Å². The van der Waals surface area contributed by atoms with Gasteiger partial charge in [-0.15, -0.1) is 0 Å². The van der Waals surface area contributed by atoms with Gasteiger partial charge < -0.3 is 0 Å². The molecular weight excluding hydrogens is 172 g/mol. The maximum Gasteiger partial charge on any atom is 0.222 e. The molecule has 12 heavy (non-hydrogen) atoms. The van der Waals surface area contributed by atoms with Crippen LogP contribution in [0.4, 0.5) is 0 Å². The molecule has 2 heteroatoms. The standard InChI is InChI=1S/C10H13ClO/c1-2-8-3-5-9(6-4-8)7-10(11)12/h3-5,9H,2,6-7H2,1H3. The first-order valence-electron chi connectivity index (χ1n) is 4.28. The zero-order valence-electron chi connectivity index (χ0n) is 7.22. The van der Waals surface area contributed by atoms with Crippen LogP contribution in [-0.2, 0) is 4.79 Å². The summed E-state index contributed by atoms with van der Waals surface area (Å²) in [5.74, 6) is 0.324. The minimum absolute atomic E-state index is 0.238.